The Labute approximate surface area is 117 Å². The summed E-state index contributed by atoms with van der Waals surface area (Å²) in [5.74, 6) is -0.0355. The van der Waals surface area contributed by atoms with Crippen LogP contribution in [0.2, 0.25) is 0 Å². The summed E-state index contributed by atoms with van der Waals surface area (Å²) in [7, 11) is 1.46. The highest BCUT2D eigenvalue weighted by molar-refractivity contribution is 5.41. The van der Waals surface area contributed by atoms with Crippen molar-refractivity contribution < 1.29 is 13.9 Å². The molecule has 0 saturated carbocycles. The molecule has 0 unspecified atom stereocenters. The van der Waals surface area contributed by atoms with E-state index in [1.165, 1.54) is 13.2 Å². The molecule has 102 valence electrons. The van der Waals surface area contributed by atoms with Crippen molar-refractivity contribution in [2.75, 3.05) is 7.11 Å². The summed E-state index contributed by atoms with van der Waals surface area (Å²) in [4.78, 5) is 0. The van der Waals surface area contributed by atoms with Gasteiger partial charge >= 0.3 is 0 Å². The summed E-state index contributed by atoms with van der Waals surface area (Å²) in [6.07, 6.45) is 0.300. The minimum absolute atomic E-state index is 0.0850. The number of nitriles is 1. The molecule has 2 rings (SSSR count). The molecule has 0 heterocycles. The fourth-order valence-corrected chi connectivity index (χ4v) is 1.90. The Morgan fingerprint density at radius 1 is 1.10 bits per heavy atom. The molecule has 0 spiro atoms. The average molecular weight is 271 g/mol. The molecule has 0 aliphatic heterocycles. The van der Waals surface area contributed by atoms with Gasteiger partial charge in [0.1, 0.15) is 6.61 Å². The van der Waals surface area contributed by atoms with E-state index in [1.807, 2.05) is 24.3 Å². The van der Waals surface area contributed by atoms with Gasteiger partial charge in [-0.2, -0.15) is 5.26 Å². The van der Waals surface area contributed by atoms with Crippen molar-refractivity contribution >= 4 is 0 Å². The molecular formula is C16H14FNO2. The highest BCUT2D eigenvalue weighted by atomic mass is 19.1. The van der Waals surface area contributed by atoms with Crippen LogP contribution in [0.3, 0.4) is 0 Å². The number of nitrogens with zero attached hydrogens (tertiary/aromatic N) is 1. The van der Waals surface area contributed by atoms with E-state index in [0.717, 1.165) is 11.1 Å². The molecule has 2 aromatic rings. The monoisotopic (exact) mass is 271 g/mol. The first-order valence-corrected chi connectivity index (χ1v) is 6.15. The summed E-state index contributed by atoms with van der Waals surface area (Å²) in [6, 6.07) is 14.1. The Hall–Kier alpha value is -2.54. The predicted octanol–water partition coefficient (Wildman–Crippen LogP) is 3.48. The number of para-hydroxylation sites is 1. The Kier molecular flexibility index (Phi) is 4.56. The zero-order chi connectivity index (χ0) is 14.4. The van der Waals surface area contributed by atoms with Crippen LogP contribution in [0.4, 0.5) is 4.39 Å². The second kappa shape index (κ2) is 6.58. The van der Waals surface area contributed by atoms with E-state index in [2.05, 4.69) is 6.07 Å². The van der Waals surface area contributed by atoms with Crippen LogP contribution in [-0.4, -0.2) is 7.11 Å². The predicted molar refractivity (Wildman–Crippen MR) is 73.0 cm³/mol. The number of rotatable bonds is 5. The summed E-state index contributed by atoms with van der Waals surface area (Å²) in [5, 5.41) is 8.78. The van der Waals surface area contributed by atoms with Crippen LogP contribution in [0.1, 0.15) is 11.1 Å². The number of halogens is 1. The van der Waals surface area contributed by atoms with E-state index < -0.39 is 5.82 Å². The Balaban J connectivity index is 2.20. The van der Waals surface area contributed by atoms with Gasteiger partial charge in [0.05, 0.1) is 19.6 Å². The van der Waals surface area contributed by atoms with Crippen molar-refractivity contribution in [3.05, 3.63) is 59.4 Å². The van der Waals surface area contributed by atoms with Crippen molar-refractivity contribution in [3.63, 3.8) is 0 Å². The van der Waals surface area contributed by atoms with Gasteiger partial charge in [0.2, 0.25) is 0 Å². The minimum Gasteiger partial charge on any atom is -0.493 e. The topological polar surface area (TPSA) is 42.2 Å². The van der Waals surface area contributed by atoms with Crippen LogP contribution < -0.4 is 9.47 Å². The van der Waals surface area contributed by atoms with Crippen LogP contribution in [0.25, 0.3) is 0 Å². The quantitative estimate of drug-likeness (QED) is 0.836. The average Bonchev–Trinajstić information content (AvgIpc) is 2.47. The smallest absolute Gasteiger partial charge is 0.197 e. The molecule has 0 radical (unpaired) electrons. The van der Waals surface area contributed by atoms with Gasteiger partial charge in [-0.05, 0) is 23.3 Å². The van der Waals surface area contributed by atoms with Gasteiger partial charge in [0, 0.05) is 0 Å². The second-order valence-electron chi connectivity index (χ2n) is 4.16. The summed E-state index contributed by atoms with van der Waals surface area (Å²) < 4.78 is 24.3. The lowest BCUT2D eigenvalue weighted by Crippen LogP contribution is -2.02. The second-order valence-corrected chi connectivity index (χ2v) is 4.16. The zero-order valence-corrected chi connectivity index (χ0v) is 11.1. The highest BCUT2D eigenvalue weighted by Crippen LogP contribution is 2.30. The first-order valence-electron chi connectivity index (χ1n) is 6.15. The molecule has 0 aromatic heterocycles. The minimum atomic E-state index is -0.470. The van der Waals surface area contributed by atoms with E-state index in [4.69, 9.17) is 14.7 Å². The lowest BCUT2D eigenvalue weighted by Gasteiger charge is -2.12. The molecule has 0 bridgehead atoms. The largest absolute Gasteiger partial charge is 0.493 e. The molecule has 0 amide bonds. The number of methoxy groups -OCH3 is 1. The fourth-order valence-electron chi connectivity index (χ4n) is 1.90. The third kappa shape index (κ3) is 3.07. The van der Waals surface area contributed by atoms with Gasteiger partial charge in [0.15, 0.2) is 17.3 Å². The SMILES string of the molecule is COc1cccc(F)c1OCc1ccccc1CC#N. The van der Waals surface area contributed by atoms with Gasteiger partial charge < -0.3 is 9.47 Å². The van der Waals surface area contributed by atoms with Gasteiger partial charge in [0.25, 0.3) is 0 Å². The van der Waals surface area contributed by atoms with Crippen molar-refractivity contribution in [2.45, 2.75) is 13.0 Å². The van der Waals surface area contributed by atoms with Crippen molar-refractivity contribution in [3.8, 4) is 17.6 Å². The van der Waals surface area contributed by atoms with Gasteiger partial charge in [-0.15, -0.1) is 0 Å². The number of ether oxygens (including phenoxy) is 2. The lowest BCUT2D eigenvalue weighted by atomic mass is 10.1. The zero-order valence-electron chi connectivity index (χ0n) is 11.1. The van der Waals surface area contributed by atoms with Crippen LogP contribution in [0.15, 0.2) is 42.5 Å². The molecule has 0 fully saturated rings. The van der Waals surface area contributed by atoms with Crippen molar-refractivity contribution in [2.24, 2.45) is 0 Å². The van der Waals surface area contributed by atoms with Crippen LogP contribution in [-0.2, 0) is 13.0 Å². The van der Waals surface area contributed by atoms with Crippen LogP contribution >= 0.6 is 0 Å². The molecule has 0 atom stereocenters. The van der Waals surface area contributed by atoms with E-state index in [9.17, 15) is 4.39 Å². The molecule has 3 nitrogen and oxygen atoms in total. The van der Waals surface area contributed by atoms with Gasteiger partial charge in [-0.1, -0.05) is 30.3 Å². The van der Waals surface area contributed by atoms with Crippen LogP contribution in [0, 0.1) is 17.1 Å². The third-order valence-corrected chi connectivity index (χ3v) is 2.91. The maximum absolute atomic E-state index is 13.7. The summed E-state index contributed by atoms with van der Waals surface area (Å²) in [6.45, 7) is 0.190. The summed E-state index contributed by atoms with van der Waals surface area (Å²) >= 11 is 0. The molecule has 0 N–H and O–H groups in total. The van der Waals surface area contributed by atoms with Crippen molar-refractivity contribution in [1.82, 2.24) is 0 Å². The van der Waals surface area contributed by atoms with E-state index >= 15 is 0 Å². The number of hydrogen-bond donors (Lipinski definition) is 0. The Morgan fingerprint density at radius 2 is 1.85 bits per heavy atom. The van der Waals surface area contributed by atoms with Crippen molar-refractivity contribution in [1.29, 1.82) is 5.26 Å². The Morgan fingerprint density at radius 3 is 2.55 bits per heavy atom. The first-order chi connectivity index (χ1) is 9.76. The molecule has 4 heteroatoms. The molecule has 0 aliphatic carbocycles. The summed E-state index contributed by atoms with van der Waals surface area (Å²) in [5.41, 5.74) is 1.74. The molecular weight excluding hydrogens is 257 g/mol. The van der Waals surface area contributed by atoms with Gasteiger partial charge in [-0.25, -0.2) is 4.39 Å². The maximum atomic E-state index is 13.7. The molecule has 0 saturated heterocycles. The number of hydrogen-bond acceptors (Lipinski definition) is 3. The maximum Gasteiger partial charge on any atom is 0.197 e. The molecule has 0 aliphatic rings. The first kappa shape index (κ1) is 13.9. The Bertz CT molecular complexity index is 635. The lowest BCUT2D eigenvalue weighted by molar-refractivity contribution is 0.269. The molecule has 20 heavy (non-hydrogen) atoms. The van der Waals surface area contributed by atoms with E-state index in [0.29, 0.717) is 12.2 Å². The third-order valence-electron chi connectivity index (χ3n) is 2.91. The van der Waals surface area contributed by atoms with Gasteiger partial charge in [-0.3, -0.25) is 0 Å². The number of benzene rings is 2. The molecule has 2 aromatic carbocycles. The highest BCUT2D eigenvalue weighted by Gasteiger charge is 2.11. The normalized spacial score (nSPS) is 9.85. The standard InChI is InChI=1S/C16H14FNO2/c1-19-15-8-4-7-14(17)16(15)20-11-13-6-3-2-5-12(13)9-10-18/h2-8H,9,11H2,1H3. The van der Waals surface area contributed by atoms with Crippen LogP contribution in [0.5, 0.6) is 11.5 Å². The fraction of sp³-hybridized carbons (Fsp3) is 0.188. The van der Waals surface area contributed by atoms with E-state index in [-0.39, 0.29) is 12.4 Å². The van der Waals surface area contributed by atoms with E-state index in [1.54, 1.807) is 12.1 Å².